The molecule has 5 nitrogen and oxygen atoms in total. The van der Waals surface area contributed by atoms with Gasteiger partial charge in [-0.15, -0.1) is 11.3 Å². The largest absolute Gasteiger partial charge is 0.383 e. The van der Waals surface area contributed by atoms with Crippen LogP contribution < -0.4 is 11.1 Å². The lowest BCUT2D eigenvalue weighted by atomic mass is 9.93. The van der Waals surface area contributed by atoms with E-state index in [0.717, 1.165) is 40.7 Å². The van der Waals surface area contributed by atoms with Gasteiger partial charge in [-0.2, -0.15) is 0 Å². The number of nitrogen functional groups attached to an aromatic ring is 1. The average molecular weight is 429 g/mol. The van der Waals surface area contributed by atoms with Gasteiger partial charge in [-0.05, 0) is 74.5 Å². The topological polar surface area (TPSA) is 71.2 Å². The maximum atomic E-state index is 12.6. The van der Waals surface area contributed by atoms with Gasteiger partial charge in [0.2, 0.25) is 0 Å². The number of nitrogens with two attached hydrogens (primary N) is 1. The summed E-state index contributed by atoms with van der Waals surface area (Å²) in [6, 6.07) is 9.67. The molecule has 1 saturated heterocycles. The SMILES string of the molecule is CN1CCC(Cc2sc(C(=O)NCc3ccc4c(N)nccc4c3)cc2Cl)CC1. The molecule has 0 bridgehead atoms. The standard InChI is InChI=1S/C22H25ClN4OS/c1-27-8-5-14(6-9-27)11-19-18(23)12-20(29-19)22(28)26-13-15-2-3-17-16(10-15)4-7-25-21(17)24/h2-4,7,10,12,14H,5-6,8-9,11,13H2,1H3,(H2,24,25)(H,26,28). The summed E-state index contributed by atoms with van der Waals surface area (Å²) in [4.78, 5) is 20.9. The van der Waals surface area contributed by atoms with Crippen LogP contribution in [0.15, 0.2) is 36.5 Å². The molecule has 152 valence electrons. The maximum absolute atomic E-state index is 12.6. The van der Waals surface area contributed by atoms with E-state index in [1.807, 2.05) is 24.3 Å². The number of anilines is 1. The Balaban J connectivity index is 1.39. The van der Waals surface area contributed by atoms with Crippen LogP contribution in [0.25, 0.3) is 10.8 Å². The van der Waals surface area contributed by atoms with Gasteiger partial charge in [-0.25, -0.2) is 4.98 Å². The number of carbonyl (C=O) groups is 1. The zero-order valence-electron chi connectivity index (χ0n) is 16.5. The van der Waals surface area contributed by atoms with E-state index in [-0.39, 0.29) is 5.91 Å². The first-order valence-electron chi connectivity index (χ1n) is 9.87. The van der Waals surface area contributed by atoms with Gasteiger partial charge in [0.25, 0.3) is 5.91 Å². The van der Waals surface area contributed by atoms with Crippen LogP contribution in [0.5, 0.6) is 0 Å². The number of nitrogens with one attached hydrogen (secondary N) is 1. The lowest BCUT2D eigenvalue weighted by Gasteiger charge is -2.28. The predicted molar refractivity (Wildman–Crippen MR) is 121 cm³/mol. The van der Waals surface area contributed by atoms with Crippen molar-refractivity contribution in [2.45, 2.75) is 25.8 Å². The Hall–Kier alpha value is -2.15. The quantitative estimate of drug-likeness (QED) is 0.633. The second-order valence-corrected chi connectivity index (χ2v) is 9.31. The minimum Gasteiger partial charge on any atom is -0.383 e. The van der Waals surface area contributed by atoms with Gasteiger partial charge in [0.1, 0.15) is 5.82 Å². The van der Waals surface area contributed by atoms with E-state index < -0.39 is 0 Å². The van der Waals surface area contributed by atoms with E-state index in [1.165, 1.54) is 24.2 Å². The fraction of sp³-hybridized carbons (Fsp3) is 0.364. The average Bonchev–Trinajstić information content (AvgIpc) is 3.08. The molecule has 0 unspecified atom stereocenters. The molecule has 1 aliphatic rings. The van der Waals surface area contributed by atoms with Crippen LogP contribution in [0.4, 0.5) is 5.82 Å². The molecule has 7 heteroatoms. The van der Waals surface area contributed by atoms with Crippen LogP contribution in [0.1, 0.15) is 33.0 Å². The Morgan fingerprint density at radius 2 is 2.10 bits per heavy atom. The van der Waals surface area contributed by atoms with Crippen molar-refractivity contribution in [3.8, 4) is 0 Å². The maximum Gasteiger partial charge on any atom is 0.261 e. The first-order chi connectivity index (χ1) is 14.0. The zero-order valence-corrected chi connectivity index (χ0v) is 18.0. The zero-order chi connectivity index (χ0) is 20.4. The van der Waals surface area contributed by atoms with Crippen molar-refractivity contribution in [2.24, 2.45) is 5.92 Å². The monoisotopic (exact) mass is 428 g/mol. The molecule has 2 aromatic heterocycles. The van der Waals surface area contributed by atoms with Gasteiger partial charge < -0.3 is 16.0 Å². The lowest BCUT2D eigenvalue weighted by Crippen LogP contribution is -2.30. The summed E-state index contributed by atoms with van der Waals surface area (Å²) in [6.45, 7) is 2.72. The molecular weight excluding hydrogens is 404 g/mol. The summed E-state index contributed by atoms with van der Waals surface area (Å²) in [5.41, 5.74) is 6.92. The smallest absolute Gasteiger partial charge is 0.261 e. The summed E-state index contributed by atoms with van der Waals surface area (Å²) in [6.07, 6.45) is 5.03. The number of hydrogen-bond acceptors (Lipinski definition) is 5. The van der Waals surface area contributed by atoms with Crippen molar-refractivity contribution in [1.29, 1.82) is 0 Å². The molecular formula is C22H25ClN4OS. The number of halogens is 1. The minimum atomic E-state index is -0.0825. The van der Waals surface area contributed by atoms with Crippen LogP contribution >= 0.6 is 22.9 Å². The number of aromatic nitrogens is 1. The first kappa shape index (κ1) is 20.1. The number of pyridine rings is 1. The lowest BCUT2D eigenvalue weighted by molar-refractivity contribution is 0.0955. The summed E-state index contributed by atoms with van der Waals surface area (Å²) in [5, 5.41) is 5.66. The van der Waals surface area contributed by atoms with Gasteiger partial charge in [0.05, 0.1) is 9.90 Å². The number of piperidine rings is 1. The van der Waals surface area contributed by atoms with Crippen LogP contribution in [0.2, 0.25) is 5.02 Å². The molecule has 29 heavy (non-hydrogen) atoms. The van der Waals surface area contributed by atoms with Crippen molar-refractivity contribution in [1.82, 2.24) is 15.2 Å². The summed E-state index contributed by atoms with van der Waals surface area (Å²) in [7, 11) is 2.16. The molecule has 1 fully saturated rings. The Morgan fingerprint density at radius 1 is 1.31 bits per heavy atom. The number of fused-ring (bicyclic) bond motifs is 1. The van der Waals surface area contributed by atoms with Gasteiger partial charge in [-0.3, -0.25) is 4.79 Å². The van der Waals surface area contributed by atoms with E-state index in [4.69, 9.17) is 17.3 Å². The van der Waals surface area contributed by atoms with E-state index >= 15 is 0 Å². The molecule has 3 aromatic rings. The normalized spacial score (nSPS) is 15.7. The number of nitrogens with zero attached hydrogens (tertiary/aromatic N) is 2. The molecule has 0 aliphatic carbocycles. The molecule has 1 aromatic carbocycles. The molecule has 0 radical (unpaired) electrons. The van der Waals surface area contributed by atoms with Gasteiger partial charge in [-0.1, -0.05) is 23.7 Å². The van der Waals surface area contributed by atoms with E-state index in [0.29, 0.717) is 28.2 Å². The fourth-order valence-corrected chi connectivity index (χ4v) is 5.27. The van der Waals surface area contributed by atoms with Gasteiger partial charge >= 0.3 is 0 Å². The van der Waals surface area contributed by atoms with Crippen LogP contribution in [0.3, 0.4) is 0 Å². The molecule has 3 N–H and O–H groups in total. The number of rotatable bonds is 5. The number of benzene rings is 1. The molecule has 0 spiro atoms. The van der Waals surface area contributed by atoms with Crippen LogP contribution in [0, 0.1) is 5.92 Å². The highest BCUT2D eigenvalue weighted by Crippen LogP contribution is 2.32. The summed E-state index contributed by atoms with van der Waals surface area (Å²) >= 11 is 7.96. The highest BCUT2D eigenvalue weighted by atomic mass is 35.5. The number of amides is 1. The molecule has 4 rings (SSSR count). The Labute approximate surface area is 179 Å². The van der Waals surface area contributed by atoms with Crippen molar-refractivity contribution in [3.05, 3.63) is 56.9 Å². The highest BCUT2D eigenvalue weighted by Gasteiger charge is 2.21. The highest BCUT2D eigenvalue weighted by molar-refractivity contribution is 7.14. The molecule has 1 amide bonds. The van der Waals surface area contributed by atoms with Crippen molar-refractivity contribution in [3.63, 3.8) is 0 Å². The Kier molecular flexibility index (Phi) is 6.04. The van der Waals surface area contributed by atoms with Crippen LogP contribution in [-0.2, 0) is 13.0 Å². The van der Waals surface area contributed by atoms with Gasteiger partial charge in [0, 0.05) is 23.0 Å². The van der Waals surface area contributed by atoms with Crippen molar-refractivity contribution >= 4 is 45.4 Å². The number of thiophene rings is 1. The predicted octanol–water partition coefficient (Wildman–Crippen LogP) is 4.35. The number of likely N-dealkylation sites (tertiary alicyclic amines) is 1. The molecule has 1 aliphatic heterocycles. The van der Waals surface area contributed by atoms with Crippen molar-refractivity contribution < 1.29 is 4.79 Å². The molecule has 0 atom stereocenters. The van der Waals surface area contributed by atoms with E-state index in [1.54, 1.807) is 12.3 Å². The third-order valence-corrected chi connectivity index (χ3v) is 7.21. The van der Waals surface area contributed by atoms with E-state index in [9.17, 15) is 4.79 Å². The third-order valence-electron chi connectivity index (χ3n) is 5.61. The summed E-state index contributed by atoms with van der Waals surface area (Å²) < 4.78 is 0. The third kappa shape index (κ3) is 4.71. The van der Waals surface area contributed by atoms with Crippen molar-refractivity contribution in [2.75, 3.05) is 25.9 Å². The van der Waals surface area contributed by atoms with Gasteiger partial charge in [0.15, 0.2) is 0 Å². The fourth-order valence-electron chi connectivity index (χ4n) is 3.82. The molecule has 0 saturated carbocycles. The second-order valence-electron chi connectivity index (χ2n) is 7.77. The number of hydrogen-bond donors (Lipinski definition) is 2. The summed E-state index contributed by atoms with van der Waals surface area (Å²) in [5.74, 6) is 1.09. The van der Waals surface area contributed by atoms with E-state index in [2.05, 4.69) is 22.2 Å². The Bertz CT molecular complexity index is 1030. The molecule has 3 heterocycles. The first-order valence-corrected chi connectivity index (χ1v) is 11.1. The van der Waals surface area contributed by atoms with Crippen LogP contribution in [-0.4, -0.2) is 35.9 Å². The minimum absolute atomic E-state index is 0.0825. The number of carbonyl (C=O) groups excluding carboxylic acids is 1. The Morgan fingerprint density at radius 3 is 2.90 bits per heavy atom. The second kappa shape index (κ2) is 8.69.